The van der Waals surface area contributed by atoms with Crippen LogP contribution in [0.1, 0.15) is 73.1 Å². The average Bonchev–Trinajstić information content (AvgIpc) is 3.13. The summed E-state index contributed by atoms with van der Waals surface area (Å²) in [5.74, 6) is -5.04. The van der Waals surface area contributed by atoms with Crippen molar-refractivity contribution in [2.75, 3.05) is 0 Å². The zero-order valence-electron chi connectivity index (χ0n) is 21.9. The van der Waals surface area contributed by atoms with Gasteiger partial charge in [-0.15, -0.1) is 0 Å². The van der Waals surface area contributed by atoms with Gasteiger partial charge in [-0.2, -0.15) is 0 Å². The van der Waals surface area contributed by atoms with Gasteiger partial charge in [0.1, 0.15) is 17.7 Å². The maximum absolute atomic E-state index is 13.8. The lowest BCUT2D eigenvalue weighted by atomic mass is 9.46. The lowest BCUT2D eigenvalue weighted by Crippen LogP contribution is -2.59. The molecule has 0 amide bonds. The number of carboxylic acids is 1. The molecule has 0 saturated heterocycles. The quantitative estimate of drug-likeness (QED) is 0.431. The Hall–Kier alpha value is -1.90. The minimum Gasteiger partial charge on any atom is -0.481 e. The Morgan fingerprint density at radius 2 is 1.69 bits per heavy atom. The van der Waals surface area contributed by atoms with Gasteiger partial charge in [-0.3, -0.25) is 19.2 Å². The van der Waals surface area contributed by atoms with Gasteiger partial charge in [0.2, 0.25) is 0 Å². The van der Waals surface area contributed by atoms with Crippen LogP contribution in [-0.4, -0.2) is 62.1 Å². The molecule has 10 atom stereocenters. The topological polar surface area (TPSA) is 149 Å². The van der Waals surface area contributed by atoms with E-state index >= 15 is 0 Å². The summed E-state index contributed by atoms with van der Waals surface area (Å²) >= 11 is 0. The number of carbonyl (C=O) groups is 4. The first-order valence-electron chi connectivity index (χ1n) is 13.2. The molecule has 0 bridgehead atoms. The number of Topliss-reactive ketones (excluding diaryl/α,β-unsaturated/α-hetero) is 3. The predicted molar refractivity (Wildman–Crippen MR) is 130 cm³/mol. The molecule has 8 nitrogen and oxygen atoms in total. The number of aliphatic hydroxyl groups is 3. The molecule has 0 radical (unpaired) electrons. The van der Waals surface area contributed by atoms with E-state index in [-0.39, 0.29) is 42.7 Å². The standard InChI is InChI=1S/C28H40O8/c1-12(8-14(29)9-13(2)26(35)36)15-10-16(30)21-20(15)24(33)25(34)23-22(21)17(31)11-18-27(3,4)19(32)6-7-28(18,23)5/h12-13,15,17-21,24,31-33H,6-11H2,1-5H3,(H,35,36). The van der Waals surface area contributed by atoms with Crippen LogP contribution in [0.3, 0.4) is 0 Å². The Labute approximate surface area is 212 Å². The summed E-state index contributed by atoms with van der Waals surface area (Å²) in [6, 6.07) is 0. The molecule has 0 spiro atoms. The summed E-state index contributed by atoms with van der Waals surface area (Å²) in [6.07, 6.45) is -1.54. The van der Waals surface area contributed by atoms with E-state index in [0.29, 0.717) is 30.4 Å². The highest BCUT2D eigenvalue weighted by molar-refractivity contribution is 6.05. The van der Waals surface area contributed by atoms with Crippen molar-refractivity contribution in [1.29, 1.82) is 0 Å². The molecule has 0 aromatic rings. The first kappa shape index (κ1) is 27.1. The molecule has 2 fully saturated rings. The summed E-state index contributed by atoms with van der Waals surface area (Å²) in [5, 5.41) is 42.4. The molecule has 4 aliphatic rings. The molecule has 0 aromatic heterocycles. The van der Waals surface area contributed by atoms with Crippen LogP contribution >= 0.6 is 0 Å². The molecule has 0 aliphatic heterocycles. The van der Waals surface area contributed by atoms with Crippen LogP contribution in [-0.2, 0) is 19.2 Å². The molecule has 36 heavy (non-hydrogen) atoms. The van der Waals surface area contributed by atoms with Crippen LogP contribution in [0.25, 0.3) is 0 Å². The normalized spacial score (nSPS) is 41.3. The maximum Gasteiger partial charge on any atom is 0.306 e. The van der Waals surface area contributed by atoms with Crippen molar-refractivity contribution in [2.45, 2.75) is 91.5 Å². The Balaban J connectivity index is 1.68. The average molecular weight is 505 g/mol. The molecule has 0 aromatic carbocycles. The van der Waals surface area contributed by atoms with Crippen LogP contribution in [0.4, 0.5) is 0 Å². The summed E-state index contributed by atoms with van der Waals surface area (Å²) < 4.78 is 0. The smallest absolute Gasteiger partial charge is 0.306 e. The van der Waals surface area contributed by atoms with Gasteiger partial charge >= 0.3 is 5.97 Å². The number of rotatable bonds is 6. The van der Waals surface area contributed by atoms with Crippen LogP contribution in [0.5, 0.6) is 0 Å². The Kier molecular flexibility index (Phi) is 6.89. The van der Waals surface area contributed by atoms with E-state index in [1.54, 1.807) is 0 Å². The van der Waals surface area contributed by atoms with Crippen molar-refractivity contribution >= 4 is 23.3 Å². The number of aliphatic hydroxyl groups excluding tert-OH is 3. The van der Waals surface area contributed by atoms with Crippen LogP contribution in [0.15, 0.2) is 11.1 Å². The SMILES string of the molecule is CC(CC(=O)CC(C)C1CC(=O)C2C3=C(C(=O)C(O)C21)C1(C)CCC(O)C(C)(C)C1CC3O)C(=O)O. The van der Waals surface area contributed by atoms with E-state index in [1.807, 2.05) is 27.7 Å². The van der Waals surface area contributed by atoms with Gasteiger partial charge in [0, 0.05) is 36.7 Å². The molecular weight excluding hydrogens is 464 g/mol. The van der Waals surface area contributed by atoms with Gasteiger partial charge in [0.25, 0.3) is 0 Å². The number of hydrogen-bond donors (Lipinski definition) is 4. The summed E-state index contributed by atoms with van der Waals surface area (Å²) in [6.45, 7) is 9.15. The van der Waals surface area contributed by atoms with Crippen molar-refractivity contribution in [1.82, 2.24) is 0 Å². The molecule has 8 heteroatoms. The number of aliphatic carboxylic acids is 1. The fourth-order valence-electron chi connectivity index (χ4n) is 8.21. The third kappa shape index (κ3) is 4.00. The van der Waals surface area contributed by atoms with Gasteiger partial charge in [0.05, 0.1) is 18.1 Å². The van der Waals surface area contributed by atoms with E-state index in [1.165, 1.54) is 6.92 Å². The highest BCUT2D eigenvalue weighted by Crippen LogP contribution is 2.63. The largest absolute Gasteiger partial charge is 0.481 e. The Bertz CT molecular complexity index is 1010. The van der Waals surface area contributed by atoms with Crippen LogP contribution < -0.4 is 0 Å². The summed E-state index contributed by atoms with van der Waals surface area (Å²) in [4.78, 5) is 50.9. The number of hydrogen-bond acceptors (Lipinski definition) is 7. The fraction of sp³-hybridized carbons (Fsp3) is 0.786. The van der Waals surface area contributed by atoms with E-state index in [9.17, 15) is 34.5 Å². The molecule has 2 saturated carbocycles. The second-order valence-electron chi connectivity index (χ2n) is 12.8. The monoisotopic (exact) mass is 504 g/mol. The maximum atomic E-state index is 13.8. The molecule has 200 valence electrons. The zero-order chi connectivity index (χ0) is 26.9. The van der Waals surface area contributed by atoms with E-state index in [0.717, 1.165) is 0 Å². The van der Waals surface area contributed by atoms with E-state index in [4.69, 9.17) is 5.11 Å². The highest BCUT2D eigenvalue weighted by atomic mass is 16.4. The molecular formula is C28H40O8. The van der Waals surface area contributed by atoms with Crippen LogP contribution in [0, 0.1) is 46.3 Å². The van der Waals surface area contributed by atoms with Gasteiger partial charge in [-0.05, 0) is 53.4 Å². The first-order chi connectivity index (χ1) is 16.6. The second kappa shape index (κ2) is 9.14. The highest BCUT2D eigenvalue weighted by Gasteiger charge is 2.64. The minimum absolute atomic E-state index is 0.0695. The van der Waals surface area contributed by atoms with Crippen molar-refractivity contribution in [2.24, 2.45) is 46.3 Å². The zero-order valence-corrected chi connectivity index (χ0v) is 21.9. The molecule has 4 N–H and O–H groups in total. The van der Waals surface area contributed by atoms with E-state index in [2.05, 4.69) is 0 Å². The van der Waals surface area contributed by atoms with Crippen molar-refractivity contribution in [3.05, 3.63) is 11.1 Å². The van der Waals surface area contributed by atoms with Gasteiger partial charge < -0.3 is 20.4 Å². The molecule has 10 unspecified atom stereocenters. The van der Waals surface area contributed by atoms with Crippen molar-refractivity contribution in [3.63, 3.8) is 0 Å². The molecule has 0 heterocycles. The lowest BCUT2D eigenvalue weighted by Gasteiger charge is -2.59. The summed E-state index contributed by atoms with van der Waals surface area (Å²) in [7, 11) is 0. The van der Waals surface area contributed by atoms with Gasteiger partial charge in [-0.25, -0.2) is 0 Å². The summed E-state index contributed by atoms with van der Waals surface area (Å²) in [5.41, 5.74) is -0.369. The Morgan fingerprint density at radius 3 is 2.31 bits per heavy atom. The number of carboxylic acid groups (broad SMARTS) is 1. The molecule has 4 aliphatic carbocycles. The third-order valence-corrected chi connectivity index (χ3v) is 10.3. The number of ketones is 3. The predicted octanol–water partition coefficient (Wildman–Crippen LogP) is 2.32. The van der Waals surface area contributed by atoms with Gasteiger partial charge in [0.15, 0.2) is 5.78 Å². The Morgan fingerprint density at radius 1 is 1.06 bits per heavy atom. The minimum atomic E-state index is -1.40. The fourth-order valence-corrected chi connectivity index (χ4v) is 8.21. The van der Waals surface area contributed by atoms with Crippen molar-refractivity contribution in [3.8, 4) is 0 Å². The number of fused-ring (bicyclic) bond motifs is 4. The third-order valence-electron chi connectivity index (χ3n) is 10.3. The first-order valence-corrected chi connectivity index (χ1v) is 13.2. The second-order valence-corrected chi connectivity index (χ2v) is 12.8. The molecule has 4 rings (SSSR count). The van der Waals surface area contributed by atoms with Crippen LogP contribution in [0.2, 0.25) is 0 Å². The lowest BCUT2D eigenvalue weighted by molar-refractivity contribution is -0.144. The van der Waals surface area contributed by atoms with Crippen molar-refractivity contribution < 1.29 is 39.6 Å². The number of carbonyl (C=O) groups excluding carboxylic acids is 3. The van der Waals surface area contributed by atoms with E-state index < -0.39 is 64.6 Å². The van der Waals surface area contributed by atoms with Gasteiger partial charge in [-0.1, -0.05) is 34.6 Å².